The van der Waals surface area contributed by atoms with Gasteiger partial charge in [0.2, 0.25) is 0 Å². The Hall–Kier alpha value is -1.71. The average Bonchev–Trinajstić information content (AvgIpc) is 2.47. The van der Waals surface area contributed by atoms with E-state index in [0.29, 0.717) is 5.75 Å². The topological polar surface area (TPSA) is 47.6 Å². The molecule has 1 heterocycles. The maximum Gasteiger partial charge on any atom is 0.407 e. The van der Waals surface area contributed by atoms with E-state index in [1.54, 1.807) is 0 Å². The predicted molar refractivity (Wildman–Crippen MR) is 59.7 cm³/mol. The van der Waals surface area contributed by atoms with Gasteiger partial charge in [0, 0.05) is 0 Å². The number of cyclic esters (lactones) is 1. The summed E-state index contributed by atoms with van der Waals surface area (Å²) in [6.07, 6.45) is -1.69. The van der Waals surface area contributed by atoms with Crippen LogP contribution >= 0.6 is 0 Å². The van der Waals surface area contributed by atoms with Gasteiger partial charge in [-0.15, -0.1) is 0 Å². The van der Waals surface area contributed by atoms with Crippen LogP contribution in [0.25, 0.3) is 0 Å². The second kappa shape index (κ2) is 4.43. The molecule has 1 N–H and O–H groups in total. The molecule has 2 rings (SSSR count). The maximum absolute atomic E-state index is 11.0. The lowest BCUT2D eigenvalue weighted by atomic mass is 10.1. The van der Waals surface area contributed by atoms with Gasteiger partial charge in [0.25, 0.3) is 0 Å². The zero-order valence-corrected chi connectivity index (χ0v) is 9.24. The zero-order chi connectivity index (χ0) is 13.3. The summed E-state index contributed by atoms with van der Waals surface area (Å²) in [5.41, 5.74) is 2.13. The monoisotopic (exact) mass is 223 g/mol. The van der Waals surface area contributed by atoms with E-state index >= 15 is 0 Å². The van der Waals surface area contributed by atoms with E-state index in [1.165, 1.54) is 0 Å². The van der Waals surface area contributed by atoms with Crippen LogP contribution in [-0.4, -0.2) is 25.3 Å². The van der Waals surface area contributed by atoms with Gasteiger partial charge >= 0.3 is 6.09 Å². The zero-order valence-electron chi connectivity index (χ0n) is 11.2. The number of nitrogens with one attached hydrogen (secondary N) is 1. The lowest BCUT2D eigenvalue weighted by Gasteiger charge is -2.11. The van der Waals surface area contributed by atoms with Crippen LogP contribution in [0.3, 0.4) is 0 Å². The fraction of sp³-hybridized carbons (Fsp3) is 0.417. The Kier molecular flexibility index (Phi) is 2.34. The molecule has 0 radical (unpaired) electrons. The number of amides is 1. The van der Waals surface area contributed by atoms with Crippen molar-refractivity contribution >= 4 is 6.09 Å². The summed E-state index contributed by atoms with van der Waals surface area (Å²) in [6.45, 7) is 2.00. The molecule has 1 aliphatic rings. The minimum Gasteiger partial charge on any atom is -0.490 e. The number of rotatable bonds is 3. The summed E-state index contributed by atoms with van der Waals surface area (Å²) in [4.78, 5) is 11.0. The third kappa shape index (κ3) is 2.66. The second-order valence-electron chi connectivity index (χ2n) is 3.80. The molecule has 0 spiro atoms. The average molecular weight is 223 g/mol. The van der Waals surface area contributed by atoms with Crippen molar-refractivity contribution in [2.75, 3.05) is 13.1 Å². The van der Waals surface area contributed by atoms with E-state index in [1.807, 2.05) is 32.0 Å². The molecule has 1 aromatic rings. The molecule has 0 saturated carbocycles. The van der Waals surface area contributed by atoms with Crippen LogP contribution in [0.15, 0.2) is 18.2 Å². The van der Waals surface area contributed by atoms with Crippen LogP contribution in [0.2, 0.25) is 0 Å². The molecule has 1 atom stereocenters. The third-order valence-electron chi connectivity index (χ3n) is 2.18. The fourth-order valence-electron chi connectivity index (χ4n) is 1.59. The number of ether oxygens (including phenoxy) is 2. The van der Waals surface area contributed by atoms with Crippen LogP contribution in [0, 0.1) is 13.8 Å². The first-order valence-electron chi connectivity index (χ1n) is 6.07. The van der Waals surface area contributed by atoms with Gasteiger partial charge in [0.1, 0.15) is 12.4 Å². The highest BCUT2D eigenvalue weighted by Gasteiger charge is 2.22. The lowest BCUT2D eigenvalue weighted by molar-refractivity contribution is 0.105. The number of alkyl carbamates (subject to hydrolysis) is 1. The summed E-state index contributed by atoms with van der Waals surface area (Å²) < 4.78 is 25.4. The third-order valence-corrected chi connectivity index (χ3v) is 2.18. The number of aryl methyl sites for hydroxylation is 2. The molecule has 0 aromatic heterocycles. The van der Waals surface area contributed by atoms with Gasteiger partial charge in [-0.25, -0.2) is 4.79 Å². The van der Waals surface area contributed by atoms with Crippen molar-refractivity contribution in [3.8, 4) is 5.75 Å². The molecule has 1 aliphatic heterocycles. The van der Waals surface area contributed by atoms with Crippen LogP contribution in [0.4, 0.5) is 4.79 Å². The molecule has 1 fully saturated rings. The lowest BCUT2D eigenvalue weighted by Crippen LogP contribution is -2.21. The van der Waals surface area contributed by atoms with Crippen molar-refractivity contribution < 1.29 is 17.0 Å². The summed E-state index contributed by atoms with van der Waals surface area (Å²) >= 11 is 0. The van der Waals surface area contributed by atoms with E-state index < -0.39 is 18.7 Å². The second-order valence-corrected chi connectivity index (χ2v) is 3.80. The van der Waals surface area contributed by atoms with Gasteiger partial charge in [-0.2, -0.15) is 0 Å². The smallest absolute Gasteiger partial charge is 0.407 e. The normalized spacial score (nSPS) is 24.1. The highest BCUT2D eigenvalue weighted by Crippen LogP contribution is 2.16. The number of hydrogen-bond donors (Lipinski definition) is 1. The van der Waals surface area contributed by atoms with Crippen molar-refractivity contribution in [2.24, 2.45) is 0 Å². The Labute approximate surface area is 97.4 Å². The van der Waals surface area contributed by atoms with Crippen LogP contribution in [0.1, 0.15) is 13.9 Å². The predicted octanol–water partition coefficient (Wildman–Crippen LogP) is 1.79. The van der Waals surface area contributed by atoms with Crippen molar-refractivity contribution in [1.82, 2.24) is 5.32 Å². The summed E-state index contributed by atoms with van der Waals surface area (Å²) in [5.74, 6) is 0.645. The number of carbonyl (C=O) groups is 1. The summed E-state index contributed by atoms with van der Waals surface area (Å²) in [6, 6.07) is 5.73. The molecule has 1 amide bonds. The number of hydrogen-bond acceptors (Lipinski definition) is 3. The SMILES string of the molecule is [2H]C1([2H])NC(=O)OC1COc1cc(C)cc(C)c1. The van der Waals surface area contributed by atoms with Crippen LogP contribution < -0.4 is 10.1 Å². The molecular formula is C12H15NO3. The largest absolute Gasteiger partial charge is 0.490 e. The Morgan fingerprint density at radius 3 is 2.75 bits per heavy atom. The molecule has 4 nitrogen and oxygen atoms in total. The Morgan fingerprint density at radius 1 is 1.50 bits per heavy atom. The van der Waals surface area contributed by atoms with Crippen LogP contribution in [0.5, 0.6) is 5.75 Å². The molecule has 1 saturated heterocycles. The van der Waals surface area contributed by atoms with Crippen LogP contribution in [-0.2, 0) is 4.74 Å². The van der Waals surface area contributed by atoms with Gasteiger partial charge in [-0.3, -0.25) is 0 Å². The van der Waals surface area contributed by atoms with Crippen molar-refractivity contribution in [2.45, 2.75) is 20.0 Å². The maximum atomic E-state index is 11.0. The Bertz CT molecular complexity index is 456. The van der Waals surface area contributed by atoms with Crippen molar-refractivity contribution in [1.29, 1.82) is 0 Å². The van der Waals surface area contributed by atoms with E-state index in [-0.39, 0.29) is 6.61 Å². The molecule has 86 valence electrons. The molecule has 1 aromatic carbocycles. The fourth-order valence-corrected chi connectivity index (χ4v) is 1.59. The summed E-state index contributed by atoms with van der Waals surface area (Å²) in [7, 11) is 0. The molecule has 16 heavy (non-hydrogen) atoms. The van der Waals surface area contributed by atoms with E-state index in [9.17, 15) is 4.79 Å². The Morgan fingerprint density at radius 2 is 2.19 bits per heavy atom. The van der Waals surface area contributed by atoms with Crippen molar-refractivity contribution in [3.05, 3.63) is 29.3 Å². The molecule has 1 unspecified atom stereocenters. The number of benzene rings is 1. The van der Waals surface area contributed by atoms with E-state index in [2.05, 4.69) is 5.32 Å². The first-order chi connectivity index (χ1) is 8.37. The minimum absolute atomic E-state index is 0.0192. The summed E-state index contributed by atoms with van der Waals surface area (Å²) in [5, 5.41) is 2.09. The standard InChI is InChI=1S/C12H15NO3/c1-8-3-9(2)5-10(4-8)15-7-11-6-13-12(14)16-11/h3-5,11H,6-7H2,1-2H3,(H,13,14)/i6D2. The van der Waals surface area contributed by atoms with Gasteiger partial charge in [0.05, 0.1) is 9.24 Å². The molecule has 4 heteroatoms. The highest BCUT2D eigenvalue weighted by molar-refractivity contribution is 5.69. The number of carbonyl (C=O) groups excluding carboxylic acids is 1. The quantitative estimate of drug-likeness (QED) is 0.849. The van der Waals surface area contributed by atoms with Gasteiger partial charge < -0.3 is 14.8 Å². The Balaban J connectivity index is 2.01. The molecular weight excluding hydrogens is 206 g/mol. The first-order valence-corrected chi connectivity index (χ1v) is 5.07. The van der Waals surface area contributed by atoms with Gasteiger partial charge in [-0.05, 0) is 37.1 Å². The van der Waals surface area contributed by atoms with Gasteiger partial charge in [0.15, 0.2) is 6.10 Å². The molecule has 0 bridgehead atoms. The highest BCUT2D eigenvalue weighted by atomic mass is 16.6. The van der Waals surface area contributed by atoms with Gasteiger partial charge in [-0.1, -0.05) is 6.07 Å². The minimum atomic E-state index is -1.89. The van der Waals surface area contributed by atoms with E-state index in [0.717, 1.165) is 11.1 Å². The van der Waals surface area contributed by atoms with E-state index in [4.69, 9.17) is 12.2 Å². The first kappa shape index (κ1) is 8.44. The molecule has 0 aliphatic carbocycles. The van der Waals surface area contributed by atoms with Crippen molar-refractivity contribution in [3.63, 3.8) is 0 Å².